The standard InChI is InChI=1S/C8H10O7.2Na/c1-3(2)8(14)15-5(7(12)13)4(9)6(10)11;;/h4-5,9H,1H2,2H3,(H,10,11)(H,12,13);;/q;2*+1/p-2. The van der Waals surface area contributed by atoms with Crippen molar-refractivity contribution in [3.8, 4) is 0 Å². The number of carboxylic acid groups (broad SMARTS) is 2. The van der Waals surface area contributed by atoms with E-state index in [0.717, 1.165) is 0 Å². The van der Waals surface area contributed by atoms with E-state index in [1.807, 2.05) is 0 Å². The maximum Gasteiger partial charge on any atom is 1.00 e. The van der Waals surface area contributed by atoms with Crippen LogP contribution in [-0.2, 0) is 19.1 Å². The number of hydrogen-bond acceptors (Lipinski definition) is 7. The van der Waals surface area contributed by atoms with E-state index in [4.69, 9.17) is 5.11 Å². The molecular formula is C8H8Na2O7. The molecule has 7 nitrogen and oxygen atoms in total. The number of carbonyl (C=O) groups excluding carboxylic acids is 3. The molecule has 0 radical (unpaired) electrons. The van der Waals surface area contributed by atoms with Crippen molar-refractivity contribution in [2.75, 3.05) is 0 Å². The van der Waals surface area contributed by atoms with Crippen LogP contribution in [0.4, 0.5) is 0 Å². The van der Waals surface area contributed by atoms with Gasteiger partial charge in [-0.1, -0.05) is 6.58 Å². The summed E-state index contributed by atoms with van der Waals surface area (Å²) in [6, 6.07) is 0. The third-order valence-electron chi connectivity index (χ3n) is 1.34. The van der Waals surface area contributed by atoms with E-state index in [-0.39, 0.29) is 64.7 Å². The molecule has 0 aromatic carbocycles. The largest absolute Gasteiger partial charge is 1.00 e. The van der Waals surface area contributed by atoms with Crippen molar-refractivity contribution in [1.29, 1.82) is 0 Å². The molecule has 0 bridgehead atoms. The monoisotopic (exact) mass is 262 g/mol. The molecule has 2 unspecified atom stereocenters. The van der Waals surface area contributed by atoms with Gasteiger partial charge in [0.1, 0.15) is 6.10 Å². The summed E-state index contributed by atoms with van der Waals surface area (Å²) in [5.74, 6) is -5.27. The van der Waals surface area contributed by atoms with Crippen LogP contribution in [0, 0.1) is 0 Å². The molecular weight excluding hydrogens is 254 g/mol. The molecule has 2 atom stereocenters. The molecule has 0 heterocycles. The smallest absolute Gasteiger partial charge is 0.547 e. The first-order valence-corrected chi connectivity index (χ1v) is 3.73. The van der Waals surface area contributed by atoms with Gasteiger partial charge in [-0.2, -0.15) is 0 Å². The first kappa shape index (κ1) is 22.3. The van der Waals surface area contributed by atoms with E-state index in [1.165, 1.54) is 6.92 Å². The van der Waals surface area contributed by atoms with Crippen molar-refractivity contribution < 1.29 is 93.6 Å². The van der Waals surface area contributed by atoms with Crippen LogP contribution in [0.15, 0.2) is 12.2 Å². The minimum atomic E-state index is -2.49. The number of rotatable bonds is 5. The summed E-state index contributed by atoms with van der Waals surface area (Å²) in [6.07, 6.45) is -4.81. The van der Waals surface area contributed by atoms with Crippen molar-refractivity contribution in [1.82, 2.24) is 0 Å². The third kappa shape index (κ3) is 7.93. The minimum absolute atomic E-state index is 0. The summed E-state index contributed by atoms with van der Waals surface area (Å²) in [6.45, 7) is 4.36. The molecule has 1 N–H and O–H groups in total. The second-order valence-corrected chi connectivity index (χ2v) is 2.69. The van der Waals surface area contributed by atoms with Crippen LogP contribution in [0.3, 0.4) is 0 Å². The predicted molar refractivity (Wildman–Crippen MR) is 40.7 cm³/mol. The van der Waals surface area contributed by atoms with Gasteiger partial charge in [-0.3, -0.25) is 0 Å². The summed E-state index contributed by atoms with van der Waals surface area (Å²) >= 11 is 0. The molecule has 0 aliphatic heterocycles. The summed E-state index contributed by atoms with van der Waals surface area (Å²) < 4.78 is 4.13. The van der Waals surface area contributed by atoms with E-state index in [9.17, 15) is 24.6 Å². The van der Waals surface area contributed by atoms with Gasteiger partial charge in [-0.25, -0.2) is 4.79 Å². The summed E-state index contributed by atoms with van der Waals surface area (Å²) in [7, 11) is 0. The average molecular weight is 262 g/mol. The van der Waals surface area contributed by atoms with Crippen LogP contribution < -0.4 is 69.3 Å². The van der Waals surface area contributed by atoms with Crippen LogP contribution >= 0.6 is 0 Å². The molecule has 0 aromatic heterocycles. The first-order valence-electron chi connectivity index (χ1n) is 3.73. The molecule has 84 valence electrons. The molecule has 0 rings (SSSR count). The van der Waals surface area contributed by atoms with Gasteiger partial charge in [0, 0.05) is 5.57 Å². The van der Waals surface area contributed by atoms with Gasteiger partial charge in [-0.15, -0.1) is 0 Å². The third-order valence-corrected chi connectivity index (χ3v) is 1.34. The van der Waals surface area contributed by atoms with Crippen LogP contribution in [0.2, 0.25) is 0 Å². The first-order chi connectivity index (χ1) is 6.77. The molecule has 17 heavy (non-hydrogen) atoms. The van der Waals surface area contributed by atoms with Gasteiger partial charge in [0.15, 0.2) is 6.10 Å². The number of carboxylic acids is 2. The zero-order chi connectivity index (χ0) is 12.2. The molecule has 0 saturated carbocycles. The van der Waals surface area contributed by atoms with Gasteiger partial charge >= 0.3 is 65.1 Å². The molecule has 0 aliphatic rings. The summed E-state index contributed by atoms with van der Waals surface area (Å²) in [4.78, 5) is 31.3. The van der Waals surface area contributed by atoms with E-state index in [0.29, 0.717) is 0 Å². The Morgan fingerprint density at radius 3 is 1.82 bits per heavy atom. The van der Waals surface area contributed by atoms with Crippen molar-refractivity contribution in [2.24, 2.45) is 0 Å². The van der Waals surface area contributed by atoms with Crippen molar-refractivity contribution >= 4 is 17.9 Å². The topological polar surface area (TPSA) is 127 Å². The fraction of sp³-hybridized carbons (Fsp3) is 0.375. The molecule has 9 heteroatoms. The molecule has 0 aliphatic carbocycles. The number of hydrogen-bond donors (Lipinski definition) is 1. The predicted octanol–water partition coefficient (Wildman–Crippen LogP) is -9.66. The van der Waals surface area contributed by atoms with Crippen LogP contribution in [0.5, 0.6) is 0 Å². The molecule has 0 aromatic rings. The van der Waals surface area contributed by atoms with Gasteiger partial charge in [0.2, 0.25) is 0 Å². The molecule has 0 amide bonds. The van der Waals surface area contributed by atoms with E-state index in [2.05, 4.69) is 11.3 Å². The van der Waals surface area contributed by atoms with Crippen LogP contribution in [0.25, 0.3) is 0 Å². The SMILES string of the molecule is C=C(C)C(=O)OC(C(=O)[O-])C(O)C(=O)[O-].[Na+].[Na+]. The molecule has 0 spiro atoms. The van der Waals surface area contributed by atoms with Crippen LogP contribution in [0.1, 0.15) is 6.92 Å². The Morgan fingerprint density at radius 1 is 1.18 bits per heavy atom. The number of carbonyl (C=O) groups is 3. The van der Waals surface area contributed by atoms with Gasteiger partial charge < -0.3 is 29.6 Å². The second-order valence-electron chi connectivity index (χ2n) is 2.69. The van der Waals surface area contributed by atoms with Crippen LogP contribution in [-0.4, -0.2) is 35.2 Å². The Labute approximate surface area is 141 Å². The Balaban J connectivity index is -0.000000980. The maximum absolute atomic E-state index is 10.8. The maximum atomic E-state index is 10.8. The molecule has 0 saturated heterocycles. The number of aliphatic carboxylic acids is 2. The van der Waals surface area contributed by atoms with E-state index >= 15 is 0 Å². The quantitative estimate of drug-likeness (QED) is 0.296. The summed E-state index contributed by atoms with van der Waals surface area (Å²) in [5.41, 5.74) is -0.146. The Morgan fingerprint density at radius 2 is 1.59 bits per heavy atom. The Hall–Kier alpha value is 0.110. The van der Waals surface area contributed by atoms with Gasteiger partial charge in [0.25, 0.3) is 0 Å². The van der Waals surface area contributed by atoms with E-state index < -0.39 is 30.1 Å². The number of aliphatic hydroxyl groups excluding tert-OH is 1. The van der Waals surface area contributed by atoms with E-state index in [1.54, 1.807) is 0 Å². The summed E-state index contributed by atoms with van der Waals surface area (Å²) in [5, 5.41) is 29.3. The number of aliphatic hydroxyl groups is 1. The second kappa shape index (κ2) is 10.1. The molecule has 0 fully saturated rings. The Kier molecular flexibility index (Phi) is 13.2. The van der Waals surface area contributed by atoms with Gasteiger partial charge in [-0.05, 0) is 6.92 Å². The van der Waals surface area contributed by atoms with Crippen molar-refractivity contribution in [3.05, 3.63) is 12.2 Å². The number of ether oxygens (including phenoxy) is 1. The van der Waals surface area contributed by atoms with Gasteiger partial charge in [0.05, 0.1) is 11.9 Å². The zero-order valence-corrected chi connectivity index (χ0v) is 13.8. The average Bonchev–Trinajstić information content (AvgIpc) is 2.11. The fourth-order valence-electron chi connectivity index (χ4n) is 0.581. The zero-order valence-electron chi connectivity index (χ0n) is 9.76. The number of esters is 1. The normalized spacial score (nSPS) is 12.1. The fourth-order valence-corrected chi connectivity index (χ4v) is 0.581. The van der Waals surface area contributed by atoms with Crippen molar-refractivity contribution in [2.45, 2.75) is 19.1 Å². The Bertz CT molecular complexity index is 315. The minimum Gasteiger partial charge on any atom is -0.547 e. The van der Waals surface area contributed by atoms with Crippen molar-refractivity contribution in [3.63, 3.8) is 0 Å².